The zero-order chi connectivity index (χ0) is 23.4. The topological polar surface area (TPSA) is 88.3 Å². The molecule has 1 aromatic carbocycles. The van der Waals surface area contributed by atoms with E-state index in [4.69, 9.17) is 0 Å². The molecule has 2 aromatic heterocycles. The molecule has 33 heavy (non-hydrogen) atoms. The van der Waals surface area contributed by atoms with Crippen LogP contribution in [0, 0.1) is 0 Å². The SMILES string of the molecule is CCCCc1nc(=O)c(C(=O)N2CC[C@H](c3ccccc3)C2)c(O)n1C(C)c1cccnc1. The molecule has 1 aliphatic rings. The molecule has 172 valence electrons. The number of likely N-dealkylation sites (tertiary alicyclic amines) is 1. The molecule has 1 amide bonds. The quantitative estimate of drug-likeness (QED) is 0.594. The number of amides is 1. The number of aromatic hydroxyl groups is 1. The lowest BCUT2D eigenvalue weighted by Gasteiger charge is -2.24. The number of hydrogen-bond acceptors (Lipinski definition) is 5. The molecule has 4 rings (SSSR count). The van der Waals surface area contributed by atoms with Crippen LogP contribution in [-0.2, 0) is 6.42 Å². The number of rotatable bonds is 7. The van der Waals surface area contributed by atoms with Crippen molar-refractivity contribution in [1.82, 2.24) is 19.4 Å². The van der Waals surface area contributed by atoms with Crippen molar-refractivity contribution in [2.45, 2.75) is 51.5 Å². The molecule has 0 bridgehead atoms. The van der Waals surface area contributed by atoms with Gasteiger partial charge >= 0.3 is 0 Å². The molecule has 0 spiro atoms. The summed E-state index contributed by atoms with van der Waals surface area (Å²) >= 11 is 0. The highest BCUT2D eigenvalue weighted by molar-refractivity contribution is 5.96. The fourth-order valence-electron chi connectivity index (χ4n) is 4.54. The monoisotopic (exact) mass is 446 g/mol. The molecule has 1 aliphatic heterocycles. The van der Waals surface area contributed by atoms with Gasteiger partial charge in [0, 0.05) is 37.8 Å². The van der Waals surface area contributed by atoms with Crippen LogP contribution in [0.5, 0.6) is 5.88 Å². The zero-order valence-electron chi connectivity index (χ0n) is 19.1. The smallest absolute Gasteiger partial charge is 0.289 e. The van der Waals surface area contributed by atoms with Gasteiger partial charge in [0.25, 0.3) is 11.5 Å². The van der Waals surface area contributed by atoms with Gasteiger partial charge in [-0.15, -0.1) is 0 Å². The summed E-state index contributed by atoms with van der Waals surface area (Å²) in [5.41, 5.74) is 1.12. The molecule has 1 unspecified atom stereocenters. The highest BCUT2D eigenvalue weighted by Gasteiger charge is 2.33. The number of aryl methyl sites for hydroxylation is 1. The van der Waals surface area contributed by atoms with Gasteiger partial charge in [-0.2, -0.15) is 4.98 Å². The third kappa shape index (κ3) is 4.67. The van der Waals surface area contributed by atoms with Gasteiger partial charge in [0.1, 0.15) is 5.82 Å². The number of hydrogen-bond donors (Lipinski definition) is 1. The van der Waals surface area contributed by atoms with Crippen molar-refractivity contribution in [3.8, 4) is 5.88 Å². The van der Waals surface area contributed by atoms with E-state index in [0.717, 1.165) is 24.8 Å². The molecule has 0 aliphatic carbocycles. The van der Waals surface area contributed by atoms with E-state index < -0.39 is 11.5 Å². The minimum absolute atomic E-state index is 0.214. The Hall–Kier alpha value is -3.48. The predicted molar refractivity (Wildman–Crippen MR) is 127 cm³/mol. The fraction of sp³-hybridized carbons (Fsp3) is 0.385. The van der Waals surface area contributed by atoms with Crippen molar-refractivity contribution in [2.75, 3.05) is 13.1 Å². The van der Waals surface area contributed by atoms with E-state index in [0.29, 0.717) is 25.3 Å². The first-order chi connectivity index (χ1) is 16.0. The number of unbranched alkanes of at least 4 members (excludes halogenated alkanes) is 1. The Labute approximate surface area is 193 Å². The minimum Gasteiger partial charge on any atom is -0.494 e. The van der Waals surface area contributed by atoms with Crippen LogP contribution in [0.4, 0.5) is 0 Å². The van der Waals surface area contributed by atoms with Crippen molar-refractivity contribution < 1.29 is 9.90 Å². The number of nitrogens with zero attached hydrogens (tertiary/aromatic N) is 4. The molecule has 0 saturated carbocycles. The highest BCUT2D eigenvalue weighted by atomic mass is 16.3. The summed E-state index contributed by atoms with van der Waals surface area (Å²) in [6, 6.07) is 13.5. The third-order valence-corrected chi connectivity index (χ3v) is 6.44. The van der Waals surface area contributed by atoms with Crippen molar-refractivity contribution in [3.63, 3.8) is 0 Å². The Morgan fingerprint density at radius 3 is 2.70 bits per heavy atom. The maximum Gasteiger partial charge on any atom is 0.289 e. The van der Waals surface area contributed by atoms with Gasteiger partial charge in [-0.05, 0) is 37.0 Å². The van der Waals surface area contributed by atoms with Crippen molar-refractivity contribution >= 4 is 5.91 Å². The van der Waals surface area contributed by atoms with Gasteiger partial charge < -0.3 is 10.0 Å². The predicted octanol–water partition coefficient (Wildman–Crippen LogP) is 3.93. The summed E-state index contributed by atoms with van der Waals surface area (Å²) in [5.74, 6) is -0.0790. The Morgan fingerprint density at radius 2 is 2.00 bits per heavy atom. The van der Waals surface area contributed by atoms with Gasteiger partial charge in [0.05, 0.1) is 6.04 Å². The summed E-state index contributed by atoms with van der Waals surface area (Å²) in [6.45, 7) is 5.01. The Balaban J connectivity index is 1.70. The molecular weight excluding hydrogens is 416 g/mol. The van der Waals surface area contributed by atoms with Crippen molar-refractivity contribution in [1.29, 1.82) is 0 Å². The second-order valence-corrected chi connectivity index (χ2v) is 8.62. The summed E-state index contributed by atoms with van der Waals surface area (Å²) in [7, 11) is 0. The highest BCUT2D eigenvalue weighted by Crippen LogP contribution is 2.31. The molecule has 2 atom stereocenters. The van der Waals surface area contributed by atoms with Crippen LogP contribution in [0.1, 0.15) is 72.4 Å². The van der Waals surface area contributed by atoms with E-state index in [-0.39, 0.29) is 23.4 Å². The van der Waals surface area contributed by atoms with Crippen LogP contribution in [0.15, 0.2) is 59.7 Å². The first-order valence-corrected chi connectivity index (χ1v) is 11.6. The fourth-order valence-corrected chi connectivity index (χ4v) is 4.54. The Kier molecular flexibility index (Phi) is 6.87. The second kappa shape index (κ2) is 9.98. The Morgan fingerprint density at radius 1 is 1.21 bits per heavy atom. The molecule has 0 radical (unpaired) electrons. The van der Waals surface area contributed by atoms with Gasteiger partial charge in [-0.25, -0.2) is 0 Å². The molecule has 1 N–H and O–H groups in total. The van der Waals surface area contributed by atoms with E-state index >= 15 is 0 Å². The van der Waals surface area contributed by atoms with Gasteiger partial charge in [-0.1, -0.05) is 49.7 Å². The van der Waals surface area contributed by atoms with Crippen LogP contribution in [0.25, 0.3) is 0 Å². The lowest BCUT2D eigenvalue weighted by molar-refractivity contribution is 0.0783. The maximum absolute atomic E-state index is 13.4. The summed E-state index contributed by atoms with van der Waals surface area (Å²) in [4.78, 5) is 36.4. The first-order valence-electron chi connectivity index (χ1n) is 11.6. The number of carbonyl (C=O) groups excluding carboxylic acids is 1. The minimum atomic E-state index is -0.665. The summed E-state index contributed by atoms with van der Waals surface area (Å²) < 4.78 is 1.62. The average molecular weight is 447 g/mol. The molecule has 3 heterocycles. The number of pyridine rings is 1. The second-order valence-electron chi connectivity index (χ2n) is 8.62. The van der Waals surface area contributed by atoms with E-state index in [1.54, 1.807) is 21.9 Å². The molecule has 1 fully saturated rings. The van der Waals surface area contributed by atoms with Gasteiger partial charge in [0.2, 0.25) is 5.88 Å². The number of benzene rings is 1. The first kappa shape index (κ1) is 22.7. The van der Waals surface area contributed by atoms with Crippen molar-refractivity contribution in [3.05, 3.63) is 87.7 Å². The lowest BCUT2D eigenvalue weighted by Crippen LogP contribution is -2.35. The maximum atomic E-state index is 13.4. The number of carbonyl (C=O) groups is 1. The van der Waals surface area contributed by atoms with Crippen LogP contribution >= 0.6 is 0 Å². The van der Waals surface area contributed by atoms with Crippen LogP contribution in [0.2, 0.25) is 0 Å². The molecule has 1 saturated heterocycles. The summed E-state index contributed by atoms with van der Waals surface area (Å²) in [5, 5.41) is 11.3. The lowest BCUT2D eigenvalue weighted by atomic mass is 9.99. The van der Waals surface area contributed by atoms with Crippen molar-refractivity contribution in [2.24, 2.45) is 0 Å². The Bertz CT molecular complexity index is 1160. The van der Waals surface area contributed by atoms with E-state index in [1.165, 1.54) is 5.56 Å². The van der Waals surface area contributed by atoms with Crippen LogP contribution in [-0.4, -0.2) is 43.5 Å². The summed E-state index contributed by atoms with van der Waals surface area (Å²) in [6.07, 6.45) is 6.51. The molecule has 7 heteroatoms. The average Bonchev–Trinajstić information content (AvgIpc) is 3.34. The van der Waals surface area contributed by atoms with E-state index in [9.17, 15) is 14.7 Å². The molecular formula is C26H30N4O3. The largest absolute Gasteiger partial charge is 0.494 e. The normalized spacial score (nSPS) is 16.7. The van der Waals surface area contributed by atoms with E-state index in [1.807, 2.05) is 37.3 Å². The number of aromatic nitrogens is 3. The van der Waals surface area contributed by atoms with Crippen LogP contribution < -0.4 is 5.56 Å². The third-order valence-electron chi connectivity index (χ3n) is 6.44. The van der Waals surface area contributed by atoms with Gasteiger partial charge in [0.15, 0.2) is 5.56 Å². The van der Waals surface area contributed by atoms with Gasteiger partial charge in [-0.3, -0.25) is 19.1 Å². The molecule has 7 nitrogen and oxygen atoms in total. The van der Waals surface area contributed by atoms with Crippen LogP contribution in [0.3, 0.4) is 0 Å². The van der Waals surface area contributed by atoms with E-state index in [2.05, 4.69) is 29.0 Å². The standard InChI is InChI=1S/C26H30N4O3/c1-3-4-12-22-28-24(31)23(26(33)30(22)18(2)20-11-8-14-27-16-20)25(32)29-15-13-21(17-29)19-9-6-5-7-10-19/h5-11,14,16,18,21,33H,3-4,12-13,15,17H2,1-2H3/t18?,21-/m0/s1. The zero-order valence-corrected chi connectivity index (χ0v) is 19.1. The molecule has 3 aromatic rings.